The van der Waals surface area contributed by atoms with Crippen LogP contribution in [0.1, 0.15) is 39.5 Å². The lowest BCUT2D eigenvalue weighted by atomic mass is 9.92. The average molecular weight is 285 g/mol. The van der Waals surface area contributed by atoms with Gasteiger partial charge in [0.1, 0.15) is 5.54 Å². The topological polar surface area (TPSA) is 55.8 Å². The van der Waals surface area contributed by atoms with Crippen LogP contribution >= 0.6 is 0 Å². The molecule has 0 aromatic rings. The lowest BCUT2D eigenvalue weighted by Gasteiger charge is -2.33. The summed E-state index contributed by atoms with van der Waals surface area (Å²) >= 11 is 0. The van der Waals surface area contributed by atoms with E-state index in [1.807, 2.05) is 6.92 Å². The summed E-state index contributed by atoms with van der Waals surface area (Å²) in [5.41, 5.74) is -0.809. The predicted octanol–water partition coefficient (Wildman–Crippen LogP) is 1.24. The van der Waals surface area contributed by atoms with Gasteiger partial charge in [-0.2, -0.15) is 0 Å². The average Bonchev–Trinajstić information content (AvgIpc) is 3.11. The Balaban J connectivity index is 2.43. The number of carbonyl (C=O) groups is 1. The summed E-state index contributed by atoms with van der Waals surface area (Å²) in [4.78, 5) is 16.0. The number of rotatable bonds is 10. The number of hydrogen-bond acceptors (Lipinski definition) is 4. The maximum atomic E-state index is 11.6. The van der Waals surface area contributed by atoms with Crippen LogP contribution in [0.4, 0.5) is 0 Å². The minimum atomic E-state index is -0.809. The van der Waals surface area contributed by atoms with Crippen LogP contribution in [0.25, 0.3) is 0 Å². The molecule has 5 nitrogen and oxygen atoms in total. The molecule has 0 aromatic heterocycles. The number of carboxylic acid groups (broad SMARTS) is 1. The molecule has 2 unspecified atom stereocenters. The molecule has 118 valence electrons. The molecule has 0 amide bonds. The quantitative estimate of drug-likeness (QED) is 0.632. The van der Waals surface area contributed by atoms with Gasteiger partial charge in [0.15, 0.2) is 0 Å². The number of nitrogens with one attached hydrogen (secondary N) is 1. The van der Waals surface area contributed by atoms with Crippen molar-refractivity contribution in [2.75, 3.05) is 34.2 Å². The SMILES string of the molecule is CC(CC(C)(NC1CC1)C(=O)O)N(C)CCCN(C)C. The first-order valence-corrected chi connectivity index (χ1v) is 7.60. The third-order valence-electron chi connectivity index (χ3n) is 4.14. The van der Waals surface area contributed by atoms with Gasteiger partial charge in [0.2, 0.25) is 0 Å². The highest BCUT2D eigenvalue weighted by Gasteiger charge is 2.39. The fourth-order valence-electron chi connectivity index (χ4n) is 2.49. The number of aliphatic carboxylic acids is 1. The van der Waals surface area contributed by atoms with Crippen LogP contribution in [0.3, 0.4) is 0 Å². The molecule has 0 spiro atoms. The van der Waals surface area contributed by atoms with Crippen LogP contribution in [0.5, 0.6) is 0 Å². The normalized spacial score (nSPS) is 20.1. The number of hydrogen-bond donors (Lipinski definition) is 2. The number of nitrogens with zero attached hydrogens (tertiary/aromatic N) is 2. The molecule has 20 heavy (non-hydrogen) atoms. The molecule has 1 saturated carbocycles. The maximum Gasteiger partial charge on any atom is 0.323 e. The third kappa shape index (κ3) is 5.77. The van der Waals surface area contributed by atoms with Crippen LogP contribution in [0, 0.1) is 0 Å². The van der Waals surface area contributed by atoms with E-state index in [4.69, 9.17) is 0 Å². The molecule has 0 saturated heterocycles. The van der Waals surface area contributed by atoms with E-state index in [2.05, 4.69) is 43.2 Å². The van der Waals surface area contributed by atoms with E-state index in [0.717, 1.165) is 32.4 Å². The Labute approximate surface area is 123 Å². The van der Waals surface area contributed by atoms with Crippen molar-refractivity contribution in [3.05, 3.63) is 0 Å². The second-order valence-corrected chi connectivity index (χ2v) is 6.75. The first kappa shape index (κ1) is 17.4. The summed E-state index contributed by atoms with van der Waals surface area (Å²) in [6, 6.07) is 0.659. The second kappa shape index (κ2) is 7.38. The van der Waals surface area contributed by atoms with Gasteiger partial charge in [-0.05, 0) is 73.8 Å². The van der Waals surface area contributed by atoms with Gasteiger partial charge in [-0.25, -0.2) is 0 Å². The zero-order valence-corrected chi connectivity index (χ0v) is 13.6. The minimum Gasteiger partial charge on any atom is -0.480 e. The van der Waals surface area contributed by atoms with E-state index < -0.39 is 11.5 Å². The Hall–Kier alpha value is -0.650. The standard InChI is InChI=1S/C15H31N3O2/c1-12(18(5)10-6-9-17(3)4)11-15(2,14(19)20)16-13-7-8-13/h12-13,16H,6-11H2,1-5H3,(H,19,20). The van der Waals surface area contributed by atoms with E-state index >= 15 is 0 Å². The molecule has 0 radical (unpaired) electrons. The molecule has 2 N–H and O–H groups in total. The second-order valence-electron chi connectivity index (χ2n) is 6.75. The molecule has 1 rings (SSSR count). The fourth-order valence-corrected chi connectivity index (χ4v) is 2.49. The van der Waals surface area contributed by atoms with Gasteiger partial charge in [0.25, 0.3) is 0 Å². The highest BCUT2D eigenvalue weighted by atomic mass is 16.4. The molecular formula is C15H31N3O2. The Morgan fingerprint density at radius 1 is 1.35 bits per heavy atom. The van der Waals surface area contributed by atoms with Crippen LogP contribution in [0.2, 0.25) is 0 Å². The zero-order valence-electron chi connectivity index (χ0n) is 13.6. The lowest BCUT2D eigenvalue weighted by molar-refractivity contribution is -0.145. The van der Waals surface area contributed by atoms with Gasteiger partial charge in [0, 0.05) is 12.1 Å². The Bertz CT molecular complexity index is 318. The van der Waals surface area contributed by atoms with E-state index in [0.29, 0.717) is 12.5 Å². The van der Waals surface area contributed by atoms with Crippen molar-refractivity contribution in [3.8, 4) is 0 Å². The van der Waals surface area contributed by atoms with Crippen LogP contribution in [-0.4, -0.2) is 72.7 Å². The van der Waals surface area contributed by atoms with Crippen LogP contribution in [0.15, 0.2) is 0 Å². The van der Waals surface area contributed by atoms with E-state index in [1.165, 1.54) is 0 Å². The van der Waals surface area contributed by atoms with Crippen molar-refractivity contribution in [2.45, 2.75) is 57.2 Å². The van der Waals surface area contributed by atoms with E-state index in [-0.39, 0.29) is 6.04 Å². The van der Waals surface area contributed by atoms with E-state index in [1.54, 1.807) is 0 Å². The summed E-state index contributed by atoms with van der Waals surface area (Å²) in [7, 11) is 6.23. The molecule has 1 aliphatic rings. The zero-order chi connectivity index (χ0) is 15.3. The van der Waals surface area contributed by atoms with Crippen LogP contribution in [-0.2, 0) is 4.79 Å². The minimum absolute atomic E-state index is 0.254. The smallest absolute Gasteiger partial charge is 0.323 e. The van der Waals surface area contributed by atoms with Gasteiger partial charge in [0.05, 0.1) is 0 Å². The number of carboxylic acids is 1. The first-order valence-electron chi connectivity index (χ1n) is 7.60. The highest BCUT2D eigenvalue weighted by Crippen LogP contribution is 2.25. The molecule has 0 bridgehead atoms. The largest absolute Gasteiger partial charge is 0.480 e. The molecular weight excluding hydrogens is 254 g/mol. The summed E-state index contributed by atoms with van der Waals surface area (Å²) in [6.45, 7) is 6.00. The summed E-state index contributed by atoms with van der Waals surface area (Å²) in [6.07, 6.45) is 3.96. The van der Waals surface area contributed by atoms with E-state index in [9.17, 15) is 9.90 Å². The Kier molecular flexibility index (Phi) is 6.43. The van der Waals surface area contributed by atoms with Crippen molar-refractivity contribution in [3.63, 3.8) is 0 Å². The van der Waals surface area contributed by atoms with Crippen molar-refractivity contribution >= 4 is 5.97 Å². The first-order chi connectivity index (χ1) is 9.24. The summed E-state index contributed by atoms with van der Waals surface area (Å²) < 4.78 is 0. The van der Waals surface area contributed by atoms with Crippen molar-refractivity contribution in [1.29, 1.82) is 0 Å². The lowest BCUT2D eigenvalue weighted by Crippen LogP contribution is -2.54. The predicted molar refractivity (Wildman–Crippen MR) is 82.1 cm³/mol. The molecule has 1 fully saturated rings. The fraction of sp³-hybridized carbons (Fsp3) is 0.933. The van der Waals surface area contributed by atoms with Crippen molar-refractivity contribution < 1.29 is 9.90 Å². The molecule has 5 heteroatoms. The summed E-state index contributed by atoms with van der Waals surface area (Å²) in [5.74, 6) is -0.738. The van der Waals surface area contributed by atoms with Gasteiger partial charge in [-0.1, -0.05) is 0 Å². The monoisotopic (exact) mass is 285 g/mol. The van der Waals surface area contributed by atoms with Crippen LogP contribution < -0.4 is 5.32 Å². The van der Waals surface area contributed by atoms with Gasteiger partial charge in [-0.15, -0.1) is 0 Å². The van der Waals surface area contributed by atoms with Gasteiger partial charge < -0.3 is 14.9 Å². The molecule has 0 aromatic carbocycles. The molecule has 2 atom stereocenters. The van der Waals surface area contributed by atoms with Gasteiger partial charge in [-0.3, -0.25) is 10.1 Å². The molecule has 1 aliphatic carbocycles. The van der Waals surface area contributed by atoms with Crippen molar-refractivity contribution in [1.82, 2.24) is 15.1 Å². The van der Waals surface area contributed by atoms with Crippen molar-refractivity contribution in [2.24, 2.45) is 0 Å². The molecule has 0 heterocycles. The van der Waals surface area contributed by atoms with Gasteiger partial charge >= 0.3 is 5.97 Å². The summed E-state index contributed by atoms with van der Waals surface area (Å²) in [5, 5.41) is 12.8. The Morgan fingerprint density at radius 2 is 1.95 bits per heavy atom. The molecule has 0 aliphatic heterocycles. The maximum absolute atomic E-state index is 11.6. The Morgan fingerprint density at radius 3 is 2.40 bits per heavy atom. The third-order valence-corrected chi connectivity index (χ3v) is 4.14. The highest BCUT2D eigenvalue weighted by molar-refractivity contribution is 5.78.